The molecule has 1 fully saturated rings. The van der Waals surface area contributed by atoms with Gasteiger partial charge < -0.3 is 4.74 Å². The molecule has 0 unspecified atom stereocenters. The lowest BCUT2D eigenvalue weighted by molar-refractivity contribution is -0.143. The molecular weight excluding hydrogens is 304 g/mol. The van der Waals surface area contributed by atoms with Crippen LogP contribution in [-0.2, 0) is 19.1 Å². The standard InChI is InChI=1S/C20H28O4/c1-7-11(4)20(23)24-17-9-15(13(6)21)19-14(10(2)3)8-16(22)12(5)18(17)19/h7,10,14-15,17,19H,8-9H2,1-6H3/b11-7-/t14-,15+,17-,19+/m0/s1. The van der Waals surface area contributed by atoms with Gasteiger partial charge in [0.05, 0.1) is 0 Å². The van der Waals surface area contributed by atoms with Crippen LogP contribution in [0.2, 0.25) is 0 Å². The van der Waals surface area contributed by atoms with Gasteiger partial charge in [0.2, 0.25) is 0 Å². The molecule has 0 aromatic carbocycles. The van der Waals surface area contributed by atoms with Gasteiger partial charge in [-0.05, 0) is 63.0 Å². The first-order chi connectivity index (χ1) is 11.2. The third-order valence-corrected chi connectivity index (χ3v) is 5.72. The predicted octanol–water partition coefficient (Wildman–Crippen LogP) is 3.65. The number of hydrogen-bond acceptors (Lipinski definition) is 4. The largest absolute Gasteiger partial charge is 0.454 e. The maximum absolute atomic E-state index is 12.5. The van der Waals surface area contributed by atoms with Gasteiger partial charge in [-0.25, -0.2) is 4.79 Å². The van der Waals surface area contributed by atoms with E-state index in [1.54, 1.807) is 26.8 Å². The fourth-order valence-electron chi connectivity index (χ4n) is 4.13. The second-order valence-corrected chi connectivity index (χ2v) is 7.46. The Morgan fingerprint density at radius 2 is 1.88 bits per heavy atom. The number of ketones is 2. The Labute approximate surface area is 144 Å². The lowest BCUT2D eigenvalue weighted by Crippen LogP contribution is -2.35. The van der Waals surface area contributed by atoms with Crippen molar-refractivity contribution in [2.24, 2.45) is 23.7 Å². The summed E-state index contributed by atoms with van der Waals surface area (Å²) < 4.78 is 5.69. The Morgan fingerprint density at radius 1 is 1.25 bits per heavy atom. The Morgan fingerprint density at radius 3 is 2.38 bits per heavy atom. The van der Waals surface area contributed by atoms with Crippen molar-refractivity contribution in [1.29, 1.82) is 0 Å². The second-order valence-electron chi connectivity index (χ2n) is 7.46. The summed E-state index contributed by atoms with van der Waals surface area (Å²) in [6.45, 7) is 11.1. The number of carbonyl (C=O) groups is 3. The molecular formula is C20H28O4. The summed E-state index contributed by atoms with van der Waals surface area (Å²) in [6.07, 6.45) is 2.22. The first-order valence-corrected chi connectivity index (χ1v) is 8.77. The topological polar surface area (TPSA) is 60.4 Å². The van der Waals surface area contributed by atoms with E-state index in [2.05, 4.69) is 13.8 Å². The normalized spacial score (nSPS) is 30.6. The van der Waals surface area contributed by atoms with Crippen molar-refractivity contribution < 1.29 is 19.1 Å². The lowest BCUT2D eigenvalue weighted by Gasteiger charge is -2.36. The molecule has 4 atom stereocenters. The minimum absolute atomic E-state index is 0.0175. The van der Waals surface area contributed by atoms with Crippen molar-refractivity contribution >= 4 is 17.5 Å². The van der Waals surface area contributed by atoms with Gasteiger partial charge in [0, 0.05) is 17.9 Å². The van der Waals surface area contributed by atoms with Crippen LogP contribution in [0.1, 0.15) is 54.4 Å². The van der Waals surface area contributed by atoms with Crippen molar-refractivity contribution in [3.8, 4) is 0 Å². The van der Waals surface area contributed by atoms with Gasteiger partial charge >= 0.3 is 5.97 Å². The Bertz CT molecular complexity index is 624. The molecule has 0 bridgehead atoms. The molecule has 0 heterocycles. The van der Waals surface area contributed by atoms with E-state index in [-0.39, 0.29) is 35.3 Å². The average Bonchev–Trinajstić information content (AvgIpc) is 2.89. The van der Waals surface area contributed by atoms with Crippen molar-refractivity contribution in [2.75, 3.05) is 0 Å². The number of Topliss-reactive ketones (excluding diaryl/α,β-unsaturated/α-hetero) is 2. The maximum atomic E-state index is 12.5. The Kier molecular flexibility index (Phi) is 5.46. The minimum atomic E-state index is -0.461. The fraction of sp³-hybridized carbons (Fsp3) is 0.650. The first kappa shape index (κ1) is 18.6. The number of esters is 1. The molecule has 0 aromatic rings. The van der Waals surface area contributed by atoms with E-state index in [9.17, 15) is 14.4 Å². The third kappa shape index (κ3) is 3.24. The lowest BCUT2D eigenvalue weighted by atomic mass is 9.68. The van der Waals surface area contributed by atoms with Crippen LogP contribution in [0.5, 0.6) is 0 Å². The number of ether oxygens (including phenoxy) is 1. The molecule has 0 amide bonds. The fourth-order valence-corrected chi connectivity index (χ4v) is 4.13. The smallest absolute Gasteiger partial charge is 0.333 e. The number of hydrogen-bond donors (Lipinski definition) is 0. The van der Waals surface area contributed by atoms with Gasteiger partial charge in [-0.1, -0.05) is 19.9 Å². The van der Waals surface area contributed by atoms with E-state index in [0.717, 1.165) is 5.57 Å². The molecule has 132 valence electrons. The second kappa shape index (κ2) is 7.04. The molecule has 2 rings (SSSR count). The van der Waals surface area contributed by atoms with Crippen molar-refractivity contribution in [3.05, 3.63) is 22.8 Å². The van der Waals surface area contributed by atoms with E-state index in [4.69, 9.17) is 4.74 Å². The highest BCUT2D eigenvalue weighted by Gasteiger charge is 2.51. The van der Waals surface area contributed by atoms with Crippen LogP contribution in [0.25, 0.3) is 0 Å². The SMILES string of the molecule is C/C=C(/C)C(=O)O[C@H]1C[C@H](C(C)=O)[C@@H]2C1=C(C)C(=O)C[C@H]2C(C)C. The van der Waals surface area contributed by atoms with Crippen LogP contribution in [0.15, 0.2) is 22.8 Å². The van der Waals surface area contributed by atoms with Gasteiger partial charge in [0.15, 0.2) is 5.78 Å². The van der Waals surface area contributed by atoms with Crippen LogP contribution < -0.4 is 0 Å². The quantitative estimate of drug-likeness (QED) is 0.582. The molecule has 0 aliphatic heterocycles. The molecule has 0 radical (unpaired) electrons. The summed E-state index contributed by atoms with van der Waals surface area (Å²) in [6, 6.07) is 0. The van der Waals surface area contributed by atoms with Crippen molar-refractivity contribution in [1.82, 2.24) is 0 Å². The van der Waals surface area contributed by atoms with Gasteiger partial charge in [-0.2, -0.15) is 0 Å². The van der Waals surface area contributed by atoms with Crippen LogP contribution in [0, 0.1) is 23.7 Å². The highest BCUT2D eigenvalue weighted by atomic mass is 16.5. The zero-order valence-electron chi connectivity index (χ0n) is 15.5. The van der Waals surface area contributed by atoms with E-state index in [0.29, 0.717) is 29.9 Å². The Hall–Kier alpha value is -1.71. The molecule has 4 heteroatoms. The molecule has 0 saturated heterocycles. The summed E-state index contributed by atoms with van der Waals surface area (Å²) in [4.78, 5) is 36.9. The van der Waals surface area contributed by atoms with Crippen molar-refractivity contribution in [3.63, 3.8) is 0 Å². The van der Waals surface area contributed by atoms with Gasteiger partial charge in [-0.15, -0.1) is 0 Å². The summed E-state index contributed by atoms with van der Waals surface area (Å²) >= 11 is 0. The number of rotatable bonds is 4. The highest BCUT2D eigenvalue weighted by molar-refractivity contribution is 5.98. The van der Waals surface area contributed by atoms with Crippen molar-refractivity contribution in [2.45, 2.75) is 60.5 Å². The summed E-state index contributed by atoms with van der Waals surface area (Å²) in [5.74, 6) is 0.153. The summed E-state index contributed by atoms with van der Waals surface area (Å²) in [7, 11) is 0. The van der Waals surface area contributed by atoms with Gasteiger partial charge in [0.25, 0.3) is 0 Å². The first-order valence-electron chi connectivity index (χ1n) is 8.77. The van der Waals surface area contributed by atoms with Crippen LogP contribution >= 0.6 is 0 Å². The van der Waals surface area contributed by atoms with Crippen LogP contribution in [0.3, 0.4) is 0 Å². The van der Waals surface area contributed by atoms with Crippen LogP contribution in [0.4, 0.5) is 0 Å². The van der Waals surface area contributed by atoms with Gasteiger partial charge in [0.1, 0.15) is 11.9 Å². The molecule has 2 aliphatic carbocycles. The van der Waals surface area contributed by atoms with E-state index < -0.39 is 6.10 Å². The van der Waals surface area contributed by atoms with Gasteiger partial charge in [-0.3, -0.25) is 9.59 Å². The molecule has 0 spiro atoms. The van der Waals surface area contributed by atoms with E-state index >= 15 is 0 Å². The molecule has 4 nitrogen and oxygen atoms in total. The molecule has 0 N–H and O–H groups in total. The van der Waals surface area contributed by atoms with E-state index in [1.807, 2.05) is 6.92 Å². The maximum Gasteiger partial charge on any atom is 0.333 e. The van der Waals surface area contributed by atoms with E-state index in [1.165, 1.54) is 0 Å². The number of fused-ring (bicyclic) bond motifs is 1. The Balaban J connectivity index is 2.45. The third-order valence-electron chi connectivity index (χ3n) is 5.72. The van der Waals surface area contributed by atoms with Crippen LogP contribution in [-0.4, -0.2) is 23.6 Å². The predicted molar refractivity (Wildman–Crippen MR) is 92.2 cm³/mol. The molecule has 1 saturated carbocycles. The zero-order valence-corrected chi connectivity index (χ0v) is 15.5. The summed E-state index contributed by atoms with van der Waals surface area (Å²) in [5, 5.41) is 0. The average molecular weight is 332 g/mol. The zero-order chi connectivity index (χ0) is 18.2. The molecule has 0 aromatic heterocycles. The summed E-state index contributed by atoms with van der Waals surface area (Å²) in [5.41, 5.74) is 2.12. The highest BCUT2D eigenvalue weighted by Crippen LogP contribution is 2.51. The number of allylic oxidation sites excluding steroid dienone is 2. The molecule has 2 aliphatic rings. The monoisotopic (exact) mass is 332 g/mol. The number of carbonyl (C=O) groups excluding carboxylic acids is 3. The molecule has 24 heavy (non-hydrogen) atoms. The minimum Gasteiger partial charge on any atom is -0.454 e.